The quantitative estimate of drug-likeness (QED) is 0.839. The predicted octanol–water partition coefficient (Wildman–Crippen LogP) is 2.94. The van der Waals surface area contributed by atoms with Crippen LogP contribution in [0.25, 0.3) is 0 Å². The summed E-state index contributed by atoms with van der Waals surface area (Å²) in [4.78, 5) is 14.3. The van der Waals surface area contributed by atoms with Crippen molar-refractivity contribution in [2.45, 2.75) is 25.7 Å². The van der Waals surface area contributed by atoms with Gasteiger partial charge in [-0.25, -0.2) is 0 Å². The highest BCUT2D eigenvalue weighted by Gasteiger charge is 2.39. The highest BCUT2D eigenvalue weighted by Crippen LogP contribution is 2.48. The van der Waals surface area contributed by atoms with Crippen LogP contribution in [0.2, 0.25) is 0 Å². The van der Waals surface area contributed by atoms with Crippen molar-refractivity contribution in [2.24, 2.45) is 17.8 Å². The van der Waals surface area contributed by atoms with E-state index >= 15 is 0 Å². The van der Waals surface area contributed by atoms with Gasteiger partial charge in [0.25, 0.3) is 0 Å². The van der Waals surface area contributed by atoms with Crippen molar-refractivity contribution in [1.29, 1.82) is 0 Å². The Balaban J connectivity index is 1.52. The molecule has 1 N–H and O–H groups in total. The summed E-state index contributed by atoms with van der Waals surface area (Å²) in [5, 5.41) is 9.25. The molecule has 3 nitrogen and oxygen atoms in total. The Morgan fingerprint density at radius 2 is 2.00 bits per heavy atom. The first-order valence-electron chi connectivity index (χ1n) is 7.62. The summed E-state index contributed by atoms with van der Waals surface area (Å²) >= 11 is 0. The summed E-state index contributed by atoms with van der Waals surface area (Å²) in [6.07, 6.45) is 5.61. The molecule has 2 saturated carbocycles. The first-order valence-corrected chi connectivity index (χ1v) is 7.62. The highest BCUT2D eigenvalue weighted by atomic mass is 16.3. The van der Waals surface area contributed by atoms with E-state index in [2.05, 4.69) is 4.90 Å². The van der Waals surface area contributed by atoms with Gasteiger partial charge in [-0.15, -0.1) is 0 Å². The Kier molecular flexibility index (Phi) is 3.79. The first-order chi connectivity index (χ1) is 9.61. The molecule has 2 fully saturated rings. The molecule has 3 heteroatoms. The summed E-state index contributed by atoms with van der Waals surface area (Å²) in [5.41, 5.74) is 0.683. The molecule has 0 radical (unpaired) electrons. The number of likely N-dealkylation sites (N-methyl/N-ethyl adjacent to an activating group) is 1. The van der Waals surface area contributed by atoms with Crippen molar-refractivity contribution in [3.63, 3.8) is 0 Å². The maximum Gasteiger partial charge on any atom is 0.176 e. The molecule has 0 saturated heterocycles. The minimum Gasteiger partial charge on any atom is -0.508 e. The molecule has 2 aliphatic carbocycles. The lowest BCUT2D eigenvalue weighted by atomic mass is 9.88. The number of Topliss-reactive ketones (excluding diaryl/α,β-unsaturated/α-hetero) is 1. The van der Waals surface area contributed by atoms with Crippen molar-refractivity contribution in [3.05, 3.63) is 29.8 Å². The maximum atomic E-state index is 12.2. The fraction of sp³-hybridized carbons (Fsp3) is 0.588. The van der Waals surface area contributed by atoms with E-state index in [1.54, 1.807) is 24.3 Å². The van der Waals surface area contributed by atoms with Crippen LogP contribution in [0.15, 0.2) is 24.3 Å². The molecule has 0 aliphatic heterocycles. The fourth-order valence-electron chi connectivity index (χ4n) is 4.05. The summed E-state index contributed by atoms with van der Waals surface area (Å²) in [6.45, 7) is 1.52. The lowest BCUT2D eigenvalue weighted by Gasteiger charge is -2.26. The van der Waals surface area contributed by atoms with Crippen LogP contribution in [0.1, 0.15) is 36.0 Å². The highest BCUT2D eigenvalue weighted by molar-refractivity contribution is 5.97. The average Bonchev–Trinajstić information content (AvgIpc) is 3.01. The van der Waals surface area contributed by atoms with Crippen molar-refractivity contribution in [1.82, 2.24) is 4.90 Å². The van der Waals surface area contributed by atoms with E-state index in [-0.39, 0.29) is 11.5 Å². The number of fused-ring (bicyclic) bond motifs is 2. The second-order valence-corrected chi connectivity index (χ2v) is 6.60. The average molecular weight is 273 g/mol. The summed E-state index contributed by atoms with van der Waals surface area (Å²) in [5.74, 6) is 3.01. The van der Waals surface area contributed by atoms with Gasteiger partial charge in [-0.05, 0) is 68.3 Å². The van der Waals surface area contributed by atoms with E-state index in [4.69, 9.17) is 0 Å². The Bertz CT molecular complexity index is 482. The molecule has 108 valence electrons. The first kappa shape index (κ1) is 13.6. The largest absolute Gasteiger partial charge is 0.508 e. The van der Waals surface area contributed by atoms with Gasteiger partial charge < -0.3 is 5.11 Å². The molecule has 3 unspecified atom stereocenters. The molecule has 0 heterocycles. The minimum absolute atomic E-state index is 0.135. The molecule has 1 aromatic rings. The normalized spacial score (nSPS) is 28.2. The number of aromatic hydroxyl groups is 1. The monoisotopic (exact) mass is 273 g/mol. The topological polar surface area (TPSA) is 40.5 Å². The van der Waals surface area contributed by atoms with Gasteiger partial charge in [-0.2, -0.15) is 0 Å². The standard InChI is InChI=1S/C17H23NO2/c1-18(10-15-9-12-2-3-14(15)8-12)11-17(20)13-4-6-16(19)7-5-13/h4-7,12,14-15,19H,2-3,8-11H2,1H3. The zero-order chi connectivity index (χ0) is 14.1. The van der Waals surface area contributed by atoms with Crippen LogP contribution in [-0.2, 0) is 0 Å². The Hall–Kier alpha value is -1.35. The summed E-state index contributed by atoms with van der Waals surface area (Å²) in [7, 11) is 2.05. The number of benzene rings is 1. The van der Waals surface area contributed by atoms with Crippen molar-refractivity contribution < 1.29 is 9.90 Å². The van der Waals surface area contributed by atoms with Crippen LogP contribution < -0.4 is 0 Å². The van der Waals surface area contributed by atoms with Crippen LogP contribution in [0.4, 0.5) is 0 Å². The van der Waals surface area contributed by atoms with Gasteiger partial charge in [0.15, 0.2) is 5.78 Å². The van der Waals surface area contributed by atoms with Crippen molar-refractivity contribution in [3.8, 4) is 5.75 Å². The molecule has 2 aliphatic rings. The van der Waals surface area contributed by atoms with Gasteiger partial charge in [-0.1, -0.05) is 6.42 Å². The third-order valence-electron chi connectivity index (χ3n) is 5.03. The van der Waals surface area contributed by atoms with Crippen LogP contribution in [0.5, 0.6) is 5.75 Å². The second-order valence-electron chi connectivity index (χ2n) is 6.60. The number of hydrogen-bond acceptors (Lipinski definition) is 3. The van der Waals surface area contributed by atoms with E-state index in [0.717, 1.165) is 24.3 Å². The second kappa shape index (κ2) is 5.57. The van der Waals surface area contributed by atoms with Gasteiger partial charge in [-0.3, -0.25) is 9.69 Å². The number of rotatable bonds is 5. The number of phenolic OH excluding ortho intramolecular Hbond substituents is 1. The number of nitrogens with zero attached hydrogens (tertiary/aromatic N) is 1. The Morgan fingerprint density at radius 1 is 1.25 bits per heavy atom. The lowest BCUT2D eigenvalue weighted by molar-refractivity contribution is 0.0929. The molecule has 0 aromatic heterocycles. The van der Waals surface area contributed by atoms with Crippen LogP contribution >= 0.6 is 0 Å². The van der Waals surface area contributed by atoms with Crippen molar-refractivity contribution in [2.75, 3.05) is 20.1 Å². The molecule has 20 heavy (non-hydrogen) atoms. The molecule has 1 aromatic carbocycles. The molecular weight excluding hydrogens is 250 g/mol. The molecule has 0 spiro atoms. The maximum absolute atomic E-state index is 12.2. The number of ketones is 1. The number of carbonyl (C=O) groups is 1. The molecule has 3 atom stereocenters. The molecule has 0 amide bonds. The number of carbonyl (C=O) groups excluding carboxylic acids is 1. The summed E-state index contributed by atoms with van der Waals surface area (Å²) < 4.78 is 0. The van der Waals surface area contributed by atoms with Crippen molar-refractivity contribution >= 4 is 5.78 Å². The predicted molar refractivity (Wildman–Crippen MR) is 78.9 cm³/mol. The van der Waals surface area contributed by atoms with Gasteiger partial charge in [0, 0.05) is 12.1 Å². The van der Waals surface area contributed by atoms with Gasteiger partial charge >= 0.3 is 0 Å². The summed E-state index contributed by atoms with van der Waals surface area (Å²) in [6, 6.07) is 6.54. The molecule has 2 bridgehead atoms. The van der Waals surface area contributed by atoms with Gasteiger partial charge in [0.1, 0.15) is 5.75 Å². The van der Waals surface area contributed by atoms with E-state index in [9.17, 15) is 9.90 Å². The van der Waals surface area contributed by atoms with Crippen LogP contribution in [0, 0.1) is 17.8 Å². The third-order valence-corrected chi connectivity index (χ3v) is 5.03. The minimum atomic E-state index is 0.135. The van der Waals surface area contributed by atoms with Gasteiger partial charge in [0.2, 0.25) is 0 Å². The lowest BCUT2D eigenvalue weighted by Crippen LogP contribution is -2.32. The Morgan fingerprint density at radius 3 is 2.60 bits per heavy atom. The van der Waals surface area contributed by atoms with E-state index in [1.165, 1.54) is 25.7 Å². The zero-order valence-electron chi connectivity index (χ0n) is 12.1. The molecular formula is C17H23NO2. The van der Waals surface area contributed by atoms with E-state index < -0.39 is 0 Å². The Labute approximate surface area is 120 Å². The third kappa shape index (κ3) is 2.88. The molecule has 3 rings (SSSR count). The number of hydrogen-bond donors (Lipinski definition) is 1. The smallest absolute Gasteiger partial charge is 0.176 e. The van der Waals surface area contributed by atoms with Crippen LogP contribution in [0.3, 0.4) is 0 Å². The number of phenols is 1. The SMILES string of the molecule is CN(CC(=O)c1ccc(O)cc1)CC1CC2CCC1C2. The van der Waals surface area contributed by atoms with E-state index in [0.29, 0.717) is 12.1 Å². The fourth-order valence-corrected chi connectivity index (χ4v) is 4.05. The van der Waals surface area contributed by atoms with Gasteiger partial charge in [0.05, 0.1) is 6.54 Å². The van der Waals surface area contributed by atoms with Crippen LogP contribution in [-0.4, -0.2) is 35.9 Å². The zero-order valence-corrected chi connectivity index (χ0v) is 12.1. The van der Waals surface area contributed by atoms with E-state index in [1.807, 2.05) is 7.05 Å².